The van der Waals surface area contributed by atoms with Gasteiger partial charge in [0.05, 0.1) is 6.42 Å². The van der Waals surface area contributed by atoms with Gasteiger partial charge in [-0.3, -0.25) is 4.79 Å². The number of carboxylic acids is 1. The van der Waals surface area contributed by atoms with Crippen molar-refractivity contribution in [3.05, 3.63) is 23.3 Å². The van der Waals surface area contributed by atoms with Gasteiger partial charge in [-0.15, -0.1) is 0 Å². The zero-order chi connectivity index (χ0) is 10.3. The number of aliphatic carboxylic acids is 1. The van der Waals surface area contributed by atoms with Crippen molar-refractivity contribution >= 4 is 5.97 Å². The Labute approximate surface area is 80.0 Å². The van der Waals surface area contributed by atoms with Gasteiger partial charge in [0.2, 0.25) is 0 Å². The third-order valence-corrected chi connectivity index (χ3v) is 1.95. The van der Waals surface area contributed by atoms with Crippen LogP contribution in [0.4, 0.5) is 0 Å². The number of hydrogen-bond acceptors (Lipinski definition) is 1. The summed E-state index contributed by atoms with van der Waals surface area (Å²) in [4.78, 5) is 10.3. The smallest absolute Gasteiger partial charge is 0.307 e. The summed E-state index contributed by atoms with van der Waals surface area (Å²) < 4.78 is 0. The third kappa shape index (κ3) is 7.32. The molecular formula is C11H18O2. The number of allylic oxidation sites excluding steroid dienone is 3. The third-order valence-electron chi connectivity index (χ3n) is 1.95. The number of carbonyl (C=O) groups is 1. The van der Waals surface area contributed by atoms with Gasteiger partial charge in [0.25, 0.3) is 0 Å². The van der Waals surface area contributed by atoms with E-state index in [9.17, 15) is 4.79 Å². The minimum Gasteiger partial charge on any atom is -0.481 e. The van der Waals surface area contributed by atoms with Crippen LogP contribution in [0.15, 0.2) is 23.3 Å². The molecule has 0 unspecified atom stereocenters. The molecule has 0 amide bonds. The van der Waals surface area contributed by atoms with Crippen molar-refractivity contribution in [2.45, 2.75) is 40.0 Å². The van der Waals surface area contributed by atoms with E-state index in [2.05, 4.69) is 13.0 Å². The molecule has 0 spiro atoms. The largest absolute Gasteiger partial charge is 0.481 e. The summed E-state index contributed by atoms with van der Waals surface area (Å²) in [5.74, 6) is -0.753. The van der Waals surface area contributed by atoms with Crippen molar-refractivity contribution in [2.75, 3.05) is 0 Å². The normalized spacial score (nSPS) is 13.2. The molecule has 2 heteroatoms. The molecule has 0 aromatic heterocycles. The summed E-state index contributed by atoms with van der Waals surface area (Å²) in [5, 5.41) is 8.49. The highest BCUT2D eigenvalue weighted by molar-refractivity contribution is 5.69. The highest BCUT2D eigenvalue weighted by Gasteiger charge is 1.97. The van der Waals surface area contributed by atoms with Crippen molar-refractivity contribution in [3.63, 3.8) is 0 Å². The SMILES string of the molecule is CC=C(C)CCC=C(C)CC(=O)O. The van der Waals surface area contributed by atoms with Gasteiger partial charge in [0.1, 0.15) is 0 Å². The lowest BCUT2D eigenvalue weighted by atomic mass is 10.1. The zero-order valence-corrected chi connectivity index (χ0v) is 8.63. The average Bonchev–Trinajstić information content (AvgIpc) is 2.02. The van der Waals surface area contributed by atoms with Crippen molar-refractivity contribution in [1.29, 1.82) is 0 Å². The first-order valence-electron chi connectivity index (χ1n) is 4.55. The Balaban J connectivity index is 3.78. The zero-order valence-electron chi connectivity index (χ0n) is 8.63. The van der Waals surface area contributed by atoms with Crippen LogP contribution in [-0.2, 0) is 4.79 Å². The van der Waals surface area contributed by atoms with Crippen molar-refractivity contribution in [2.24, 2.45) is 0 Å². The lowest BCUT2D eigenvalue weighted by molar-refractivity contribution is -0.136. The first kappa shape index (κ1) is 11.9. The second-order valence-corrected chi connectivity index (χ2v) is 3.29. The highest BCUT2D eigenvalue weighted by Crippen LogP contribution is 2.08. The molecule has 0 aromatic rings. The van der Waals surface area contributed by atoms with Crippen molar-refractivity contribution in [3.8, 4) is 0 Å². The second kappa shape index (κ2) is 6.46. The predicted molar refractivity (Wildman–Crippen MR) is 54.7 cm³/mol. The fourth-order valence-corrected chi connectivity index (χ4v) is 1.00. The maximum Gasteiger partial charge on any atom is 0.307 e. The number of rotatable bonds is 5. The maximum absolute atomic E-state index is 10.3. The molecule has 1 N–H and O–H groups in total. The van der Waals surface area contributed by atoms with Gasteiger partial charge < -0.3 is 5.11 Å². The molecule has 0 fully saturated rings. The predicted octanol–water partition coefficient (Wildman–Crippen LogP) is 3.15. The molecule has 0 rings (SSSR count). The molecule has 2 nitrogen and oxygen atoms in total. The molecule has 0 heterocycles. The first-order valence-corrected chi connectivity index (χ1v) is 4.55. The van der Waals surface area contributed by atoms with E-state index in [1.54, 1.807) is 0 Å². The van der Waals surface area contributed by atoms with E-state index >= 15 is 0 Å². The summed E-state index contributed by atoms with van der Waals surface area (Å²) in [6.07, 6.45) is 6.21. The van der Waals surface area contributed by atoms with E-state index in [0.29, 0.717) is 0 Å². The Morgan fingerprint density at radius 3 is 2.38 bits per heavy atom. The molecular weight excluding hydrogens is 164 g/mol. The van der Waals surface area contributed by atoms with Gasteiger partial charge >= 0.3 is 5.97 Å². The Bertz CT molecular complexity index is 224. The molecule has 0 saturated heterocycles. The number of hydrogen-bond donors (Lipinski definition) is 1. The fourth-order valence-electron chi connectivity index (χ4n) is 1.00. The van der Waals surface area contributed by atoms with Crippen LogP contribution in [0.1, 0.15) is 40.0 Å². The lowest BCUT2D eigenvalue weighted by Crippen LogP contribution is -1.94. The van der Waals surface area contributed by atoms with Gasteiger partial charge in [-0.1, -0.05) is 23.3 Å². The van der Waals surface area contributed by atoms with Crippen LogP contribution in [0, 0.1) is 0 Å². The maximum atomic E-state index is 10.3. The second-order valence-electron chi connectivity index (χ2n) is 3.29. The quantitative estimate of drug-likeness (QED) is 0.663. The van der Waals surface area contributed by atoms with Gasteiger partial charge in [0.15, 0.2) is 0 Å². The molecule has 0 bridgehead atoms. The molecule has 0 saturated carbocycles. The van der Waals surface area contributed by atoms with E-state index < -0.39 is 5.97 Å². The summed E-state index contributed by atoms with van der Waals surface area (Å²) in [5.41, 5.74) is 2.29. The fraction of sp³-hybridized carbons (Fsp3) is 0.545. The van der Waals surface area contributed by atoms with Crippen LogP contribution in [0.5, 0.6) is 0 Å². The Morgan fingerprint density at radius 2 is 1.92 bits per heavy atom. The number of carboxylic acid groups (broad SMARTS) is 1. The summed E-state index contributed by atoms with van der Waals surface area (Å²) >= 11 is 0. The van der Waals surface area contributed by atoms with Crippen molar-refractivity contribution in [1.82, 2.24) is 0 Å². The highest BCUT2D eigenvalue weighted by atomic mass is 16.4. The van der Waals surface area contributed by atoms with E-state index in [1.165, 1.54) is 5.57 Å². The lowest BCUT2D eigenvalue weighted by Gasteiger charge is -1.98. The molecule has 0 aliphatic heterocycles. The summed E-state index contributed by atoms with van der Waals surface area (Å²) in [6, 6.07) is 0. The molecule has 0 aliphatic rings. The average molecular weight is 182 g/mol. The Hall–Kier alpha value is -1.05. The molecule has 0 aliphatic carbocycles. The van der Waals surface area contributed by atoms with E-state index in [-0.39, 0.29) is 6.42 Å². The van der Waals surface area contributed by atoms with Crippen LogP contribution in [0.2, 0.25) is 0 Å². The van der Waals surface area contributed by atoms with Gasteiger partial charge in [-0.2, -0.15) is 0 Å². The van der Waals surface area contributed by atoms with Crippen LogP contribution in [0.3, 0.4) is 0 Å². The van der Waals surface area contributed by atoms with E-state index in [1.807, 2.05) is 19.9 Å². The Morgan fingerprint density at radius 1 is 1.31 bits per heavy atom. The van der Waals surface area contributed by atoms with Crippen LogP contribution in [-0.4, -0.2) is 11.1 Å². The van der Waals surface area contributed by atoms with Crippen LogP contribution < -0.4 is 0 Å². The summed E-state index contributed by atoms with van der Waals surface area (Å²) in [7, 11) is 0. The van der Waals surface area contributed by atoms with Gasteiger partial charge in [-0.05, 0) is 33.6 Å². The van der Waals surface area contributed by atoms with Gasteiger partial charge in [-0.25, -0.2) is 0 Å². The van der Waals surface area contributed by atoms with Gasteiger partial charge in [0, 0.05) is 0 Å². The molecule has 0 radical (unpaired) electrons. The standard InChI is InChI=1S/C11H18O2/c1-4-9(2)6-5-7-10(3)8-11(12)13/h4,7H,5-6,8H2,1-3H3,(H,12,13). The Kier molecular flexibility index (Phi) is 5.94. The monoisotopic (exact) mass is 182 g/mol. The summed E-state index contributed by atoms with van der Waals surface area (Å²) in [6.45, 7) is 5.96. The minimum atomic E-state index is -0.753. The minimum absolute atomic E-state index is 0.162. The molecule has 0 aromatic carbocycles. The molecule has 0 atom stereocenters. The van der Waals surface area contributed by atoms with Crippen LogP contribution in [0.25, 0.3) is 0 Å². The topological polar surface area (TPSA) is 37.3 Å². The molecule has 74 valence electrons. The molecule has 13 heavy (non-hydrogen) atoms. The van der Waals surface area contributed by atoms with E-state index in [0.717, 1.165) is 18.4 Å². The van der Waals surface area contributed by atoms with Crippen LogP contribution >= 0.6 is 0 Å². The van der Waals surface area contributed by atoms with Crippen molar-refractivity contribution < 1.29 is 9.90 Å². The van der Waals surface area contributed by atoms with E-state index in [4.69, 9.17) is 5.11 Å². The first-order chi connectivity index (χ1) is 6.06.